The highest BCUT2D eigenvalue weighted by atomic mass is 14.5. The van der Waals surface area contributed by atoms with E-state index in [9.17, 15) is 0 Å². The summed E-state index contributed by atoms with van der Waals surface area (Å²) in [5, 5.41) is 0. The van der Waals surface area contributed by atoms with Crippen LogP contribution in [0.15, 0.2) is 0 Å². The Morgan fingerprint density at radius 1 is 0.889 bits per heavy atom. The van der Waals surface area contributed by atoms with Crippen molar-refractivity contribution in [1.82, 2.24) is 5.73 Å². The lowest BCUT2D eigenvalue weighted by Gasteiger charge is -1.95. The Morgan fingerprint density at radius 2 is 1.44 bits per heavy atom. The molecule has 0 amide bonds. The lowest BCUT2D eigenvalue weighted by Crippen LogP contribution is -1.97. The maximum Gasteiger partial charge on any atom is 0.00997 e. The first-order valence-electron chi connectivity index (χ1n) is 3.76. The van der Waals surface area contributed by atoms with Crippen LogP contribution in [0.25, 0.3) is 0 Å². The van der Waals surface area contributed by atoms with Crippen LogP contribution in [0.1, 0.15) is 32.1 Å². The molecule has 0 unspecified atom stereocenters. The van der Waals surface area contributed by atoms with Gasteiger partial charge in [-0.2, -0.15) is 0 Å². The molecule has 55 valence electrons. The smallest absolute Gasteiger partial charge is 0.00997 e. The van der Waals surface area contributed by atoms with Crippen molar-refractivity contribution in [3.05, 3.63) is 0 Å². The minimum Gasteiger partial charge on any atom is -0.330 e. The monoisotopic (exact) mass is 129 g/mol. The van der Waals surface area contributed by atoms with Gasteiger partial charge < -0.3 is 5.73 Å². The summed E-state index contributed by atoms with van der Waals surface area (Å²) in [5.74, 6) is 0. The highest BCUT2D eigenvalue weighted by molar-refractivity contribution is 4.44. The third-order valence-corrected chi connectivity index (χ3v) is 1.38. The fourth-order valence-corrected chi connectivity index (χ4v) is 0.800. The average Bonchev–Trinajstić information content (AvgIpc) is 1.89. The van der Waals surface area contributed by atoms with Gasteiger partial charge in [0.15, 0.2) is 0 Å². The summed E-state index contributed by atoms with van der Waals surface area (Å²) in [6.07, 6.45) is 5.93. The van der Waals surface area contributed by atoms with Crippen LogP contribution in [-0.2, 0) is 0 Å². The fourth-order valence-electron chi connectivity index (χ4n) is 0.800. The van der Waals surface area contributed by atoms with Gasteiger partial charge in [0.1, 0.15) is 0 Å². The molecule has 0 fully saturated rings. The van der Waals surface area contributed by atoms with Crippen LogP contribution < -0.4 is 11.5 Å². The van der Waals surface area contributed by atoms with Crippen molar-refractivity contribution in [3.63, 3.8) is 0 Å². The normalized spacial score (nSPS) is 10.0. The molecule has 0 aliphatic heterocycles. The molecule has 0 spiro atoms. The summed E-state index contributed by atoms with van der Waals surface area (Å²) in [6.45, 7) is 1.41. The summed E-state index contributed by atoms with van der Waals surface area (Å²) < 4.78 is 0. The van der Waals surface area contributed by atoms with E-state index in [1.165, 1.54) is 19.3 Å². The predicted octanol–water partition coefficient (Wildman–Crippen LogP) is 1.18. The second kappa shape index (κ2) is 7.92. The van der Waals surface area contributed by atoms with Gasteiger partial charge in [0.2, 0.25) is 0 Å². The van der Waals surface area contributed by atoms with E-state index in [1.54, 1.807) is 0 Å². The van der Waals surface area contributed by atoms with E-state index < -0.39 is 0 Å². The summed E-state index contributed by atoms with van der Waals surface area (Å²) in [4.78, 5) is 0. The predicted molar refractivity (Wildman–Crippen MR) is 40.1 cm³/mol. The summed E-state index contributed by atoms with van der Waals surface area (Å²) >= 11 is 0. The van der Waals surface area contributed by atoms with E-state index in [1.807, 2.05) is 0 Å². The first kappa shape index (κ1) is 8.92. The number of rotatable bonds is 6. The number of hydrogen-bond donors (Lipinski definition) is 1. The van der Waals surface area contributed by atoms with Crippen molar-refractivity contribution in [2.24, 2.45) is 5.73 Å². The molecule has 3 N–H and O–H groups in total. The van der Waals surface area contributed by atoms with Crippen molar-refractivity contribution in [2.45, 2.75) is 32.1 Å². The zero-order valence-electron chi connectivity index (χ0n) is 6.03. The first-order valence-corrected chi connectivity index (χ1v) is 3.76. The molecule has 0 aromatic carbocycles. The standard InChI is InChI=1S/C7H17N2/c8-6-4-2-1-3-5-7-9/h8H,1-7,9H2. The summed E-state index contributed by atoms with van der Waals surface area (Å²) in [7, 11) is 0. The van der Waals surface area contributed by atoms with Gasteiger partial charge in [0, 0.05) is 6.54 Å². The van der Waals surface area contributed by atoms with Crippen LogP contribution in [0.5, 0.6) is 0 Å². The minimum absolute atomic E-state index is 0.586. The second-order valence-electron chi connectivity index (χ2n) is 2.31. The molecular weight excluding hydrogens is 112 g/mol. The molecule has 0 rings (SSSR count). The summed E-state index contributed by atoms with van der Waals surface area (Å²) in [5.41, 5.74) is 12.2. The van der Waals surface area contributed by atoms with Crippen molar-refractivity contribution in [1.29, 1.82) is 0 Å². The van der Waals surface area contributed by atoms with Gasteiger partial charge in [0.25, 0.3) is 0 Å². The molecule has 0 saturated heterocycles. The van der Waals surface area contributed by atoms with Crippen molar-refractivity contribution < 1.29 is 0 Å². The maximum absolute atomic E-state index is 6.86. The number of nitrogens with two attached hydrogens (primary N) is 1. The van der Waals surface area contributed by atoms with Crippen LogP contribution in [-0.4, -0.2) is 13.1 Å². The van der Waals surface area contributed by atoms with Crippen LogP contribution in [0.4, 0.5) is 0 Å². The fraction of sp³-hybridized carbons (Fsp3) is 1.00. The van der Waals surface area contributed by atoms with Gasteiger partial charge in [-0.3, -0.25) is 5.73 Å². The lowest BCUT2D eigenvalue weighted by molar-refractivity contribution is 0.620. The minimum atomic E-state index is 0.586. The van der Waals surface area contributed by atoms with E-state index in [4.69, 9.17) is 11.5 Å². The molecule has 0 saturated carbocycles. The Kier molecular flexibility index (Phi) is 7.85. The molecule has 2 heteroatoms. The Labute approximate surface area is 57.6 Å². The van der Waals surface area contributed by atoms with Gasteiger partial charge in [-0.1, -0.05) is 19.3 Å². The van der Waals surface area contributed by atoms with Crippen molar-refractivity contribution in [2.75, 3.05) is 13.1 Å². The zero-order valence-corrected chi connectivity index (χ0v) is 6.03. The molecule has 0 aromatic heterocycles. The van der Waals surface area contributed by atoms with E-state index in [-0.39, 0.29) is 0 Å². The molecule has 9 heavy (non-hydrogen) atoms. The van der Waals surface area contributed by atoms with Gasteiger partial charge in [-0.05, 0) is 19.4 Å². The molecule has 0 aromatic rings. The Morgan fingerprint density at radius 3 is 2.00 bits per heavy atom. The van der Waals surface area contributed by atoms with Crippen molar-refractivity contribution >= 4 is 0 Å². The SMILES string of the molecule is [NH]CCCCCCCN. The van der Waals surface area contributed by atoms with Gasteiger partial charge in [0.05, 0.1) is 0 Å². The van der Waals surface area contributed by atoms with Gasteiger partial charge >= 0.3 is 0 Å². The largest absolute Gasteiger partial charge is 0.330 e. The van der Waals surface area contributed by atoms with Crippen LogP contribution in [0, 0.1) is 0 Å². The number of nitrogens with one attached hydrogen (secondary N) is 1. The molecule has 0 aliphatic carbocycles. The van der Waals surface area contributed by atoms with Gasteiger partial charge in [-0.25, -0.2) is 0 Å². The molecule has 1 radical (unpaired) electrons. The topological polar surface area (TPSA) is 49.8 Å². The number of unbranched alkanes of at least 4 members (excludes halogenated alkanes) is 4. The molecule has 2 nitrogen and oxygen atoms in total. The highest BCUT2D eigenvalue weighted by Gasteiger charge is 1.86. The van der Waals surface area contributed by atoms with Crippen molar-refractivity contribution in [3.8, 4) is 0 Å². The highest BCUT2D eigenvalue weighted by Crippen LogP contribution is 2.00. The quantitative estimate of drug-likeness (QED) is 0.538. The van der Waals surface area contributed by atoms with Gasteiger partial charge in [-0.15, -0.1) is 0 Å². The van der Waals surface area contributed by atoms with Crippen LogP contribution >= 0.6 is 0 Å². The molecule has 0 atom stereocenters. The third-order valence-electron chi connectivity index (χ3n) is 1.38. The number of hydrogen-bond acceptors (Lipinski definition) is 1. The van der Waals surface area contributed by atoms with Crippen LogP contribution in [0.2, 0.25) is 0 Å². The molecule has 0 aliphatic rings. The maximum atomic E-state index is 6.86. The van der Waals surface area contributed by atoms with E-state index >= 15 is 0 Å². The summed E-state index contributed by atoms with van der Waals surface area (Å²) in [6, 6.07) is 0. The second-order valence-corrected chi connectivity index (χ2v) is 2.31. The van der Waals surface area contributed by atoms with E-state index in [2.05, 4.69) is 0 Å². The van der Waals surface area contributed by atoms with E-state index in [0.717, 1.165) is 19.4 Å². The molecular formula is C7H17N2. The van der Waals surface area contributed by atoms with Crippen LogP contribution in [0.3, 0.4) is 0 Å². The molecule has 0 bridgehead atoms. The Balaban J connectivity index is 2.60. The first-order chi connectivity index (χ1) is 4.41. The third kappa shape index (κ3) is 7.92. The lowest BCUT2D eigenvalue weighted by atomic mass is 10.1. The van der Waals surface area contributed by atoms with E-state index in [0.29, 0.717) is 6.54 Å². The average molecular weight is 129 g/mol. The zero-order chi connectivity index (χ0) is 6.95. The Hall–Kier alpha value is -0.0800. The molecule has 0 heterocycles. The Bertz CT molecular complexity index is 40.2.